The van der Waals surface area contributed by atoms with Crippen LogP contribution in [0.2, 0.25) is 0 Å². The molecule has 3 rings (SSSR count). The maximum absolute atomic E-state index is 15.9. The van der Waals surface area contributed by atoms with E-state index < -0.39 is 6.97 Å². The monoisotopic (exact) mass is 360 g/mol. The van der Waals surface area contributed by atoms with Crippen LogP contribution in [-0.2, 0) is 19.3 Å². The standard InChI is InChI=1S/C21H31BF2N2/c1-7-14-13-25-20(15(14)8-2)18(11-5)21-17(10-4)16(9-3)19(12-6)26(21)22(25,23)24/h13H,7-12H2,1-6H3. The molecule has 5 heteroatoms. The van der Waals surface area contributed by atoms with Gasteiger partial charge in [0, 0.05) is 22.4 Å². The average molecular weight is 360 g/mol. The van der Waals surface area contributed by atoms with E-state index in [0.717, 1.165) is 77.0 Å². The van der Waals surface area contributed by atoms with Crippen molar-refractivity contribution in [3.63, 3.8) is 0 Å². The first kappa shape index (κ1) is 19.1. The Morgan fingerprint density at radius 2 is 1.42 bits per heavy atom. The van der Waals surface area contributed by atoms with Crippen LogP contribution in [0.3, 0.4) is 0 Å². The van der Waals surface area contributed by atoms with Crippen molar-refractivity contribution >= 4 is 18.8 Å². The molecule has 0 atom stereocenters. The quantitative estimate of drug-likeness (QED) is 0.571. The molecule has 0 spiro atoms. The number of rotatable bonds is 6. The summed E-state index contributed by atoms with van der Waals surface area (Å²) in [6, 6.07) is 0. The first-order chi connectivity index (χ1) is 12.4. The lowest BCUT2D eigenvalue weighted by atomic mass is 9.84. The Morgan fingerprint density at radius 3 is 1.88 bits per heavy atom. The molecule has 0 N–H and O–H groups in total. The van der Waals surface area contributed by atoms with E-state index in [0.29, 0.717) is 6.42 Å². The lowest BCUT2D eigenvalue weighted by Gasteiger charge is -2.33. The molecule has 1 aromatic heterocycles. The smallest absolute Gasteiger partial charge is 0.393 e. The molecule has 0 aromatic carbocycles. The summed E-state index contributed by atoms with van der Waals surface area (Å²) in [5.41, 5.74) is 7.97. The zero-order valence-corrected chi connectivity index (χ0v) is 17.0. The van der Waals surface area contributed by atoms with Gasteiger partial charge < -0.3 is 17.6 Å². The summed E-state index contributed by atoms with van der Waals surface area (Å²) in [4.78, 5) is 0. The summed E-state index contributed by atoms with van der Waals surface area (Å²) in [6.07, 6.45) is 6.34. The molecule has 0 unspecified atom stereocenters. The molecule has 2 aliphatic heterocycles. The third-order valence-electron chi connectivity index (χ3n) is 6.10. The van der Waals surface area contributed by atoms with Crippen molar-refractivity contribution in [1.82, 2.24) is 4.48 Å². The van der Waals surface area contributed by atoms with E-state index in [2.05, 4.69) is 34.6 Å². The van der Waals surface area contributed by atoms with Crippen LogP contribution in [0.1, 0.15) is 83.3 Å². The Hall–Kier alpha value is -1.65. The fraction of sp³-hybridized carbons (Fsp3) is 0.571. The van der Waals surface area contributed by atoms with E-state index in [9.17, 15) is 0 Å². The van der Waals surface area contributed by atoms with Crippen molar-refractivity contribution in [3.05, 3.63) is 39.4 Å². The molecule has 0 fully saturated rings. The zero-order chi connectivity index (χ0) is 19.2. The van der Waals surface area contributed by atoms with Crippen molar-refractivity contribution in [1.29, 1.82) is 0 Å². The van der Waals surface area contributed by atoms with Crippen molar-refractivity contribution in [2.45, 2.75) is 80.1 Å². The number of allylic oxidation sites excluding steroid dienone is 3. The summed E-state index contributed by atoms with van der Waals surface area (Å²) in [7, 11) is 0. The van der Waals surface area contributed by atoms with E-state index >= 15 is 8.63 Å². The summed E-state index contributed by atoms with van der Waals surface area (Å²) in [6.45, 7) is 8.57. The first-order valence-electron chi connectivity index (χ1n) is 10.3. The molecular weight excluding hydrogens is 329 g/mol. The Labute approximate surface area is 156 Å². The maximum atomic E-state index is 15.9. The molecule has 0 aliphatic carbocycles. The minimum Gasteiger partial charge on any atom is -0.393 e. The predicted molar refractivity (Wildman–Crippen MR) is 107 cm³/mol. The Bertz CT molecular complexity index is 841. The number of hydrogen-bond donors (Lipinski definition) is 0. The molecular formula is C21H31BF2N2. The van der Waals surface area contributed by atoms with Crippen LogP contribution in [0.5, 0.6) is 0 Å². The van der Waals surface area contributed by atoms with Crippen molar-refractivity contribution < 1.29 is 13.1 Å². The van der Waals surface area contributed by atoms with Gasteiger partial charge in [-0.3, -0.25) is 0 Å². The molecule has 2 nitrogen and oxygen atoms in total. The van der Waals surface area contributed by atoms with Crippen molar-refractivity contribution in [3.8, 4) is 0 Å². The predicted octanol–water partition coefficient (Wildman–Crippen LogP) is 5.75. The highest BCUT2D eigenvalue weighted by Crippen LogP contribution is 2.45. The summed E-state index contributed by atoms with van der Waals surface area (Å²) < 4.78 is 34.4. The van der Waals surface area contributed by atoms with E-state index in [1.165, 1.54) is 8.96 Å². The number of aromatic nitrogens is 1. The van der Waals surface area contributed by atoms with Gasteiger partial charge in [0.25, 0.3) is 0 Å². The van der Waals surface area contributed by atoms with Crippen LogP contribution < -0.4 is 0 Å². The number of nitrogens with zero attached hydrogens (tertiary/aromatic N) is 2. The van der Waals surface area contributed by atoms with Gasteiger partial charge in [-0.15, -0.1) is 0 Å². The van der Waals surface area contributed by atoms with Crippen LogP contribution in [0, 0.1) is 0 Å². The highest BCUT2D eigenvalue weighted by Gasteiger charge is 2.55. The molecule has 0 radical (unpaired) electrons. The van der Waals surface area contributed by atoms with E-state index in [1.54, 1.807) is 6.21 Å². The van der Waals surface area contributed by atoms with Crippen LogP contribution in [0.25, 0.3) is 5.57 Å². The van der Waals surface area contributed by atoms with Crippen molar-refractivity contribution in [2.24, 2.45) is 0 Å². The second-order valence-electron chi connectivity index (χ2n) is 7.20. The van der Waals surface area contributed by atoms with Gasteiger partial charge in [0.2, 0.25) is 0 Å². The van der Waals surface area contributed by atoms with Gasteiger partial charge in [0.1, 0.15) is 6.21 Å². The van der Waals surface area contributed by atoms with Crippen LogP contribution >= 0.6 is 0 Å². The lowest BCUT2D eigenvalue weighted by molar-refractivity contribution is -0.358. The number of hydrogen-bond acceptors (Lipinski definition) is 0. The Kier molecular flexibility index (Phi) is 5.02. The van der Waals surface area contributed by atoms with Gasteiger partial charge >= 0.3 is 6.97 Å². The second kappa shape index (κ2) is 6.82. The largest absolute Gasteiger partial charge is 0.737 e. The van der Waals surface area contributed by atoms with Crippen LogP contribution in [0.15, 0.2) is 16.8 Å². The summed E-state index contributed by atoms with van der Waals surface area (Å²) in [5.74, 6) is 0. The number of fused-ring (bicyclic) bond motifs is 2. The average Bonchev–Trinajstić information content (AvgIpc) is 3.18. The summed E-state index contributed by atoms with van der Waals surface area (Å²) in [5, 5.41) is 0. The highest BCUT2D eigenvalue weighted by molar-refractivity contribution is 6.58. The van der Waals surface area contributed by atoms with E-state index in [4.69, 9.17) is 0 Å². The maximum Gasteiger partial charge on any atom is 0.737 e. The molecule has 0 amide bonds. The fourth-order valence-corrected chi connectivity index (χ4v) is 5.07. The zero-order valence-electron chi connectivity index (χ0n) is 17.0. The minimum absolute atomic E-state index is 0.641. The molecule has 0 bridgehead atoms. The molecule has 1 aromatic rings. The minimum atomic E-state index is -3.85. The van der Waals surface area contributed by atoms with Crippen LogP contribution in [0.4, 0.5) is 8.63 Å². The third kappa shape index (κ3) is 2.32. The van der Waals surface area contributed by atoms with Gasteiger partial charge in [-0.1, -0.05) is 41.5 Å². The molecule has 26 heavy (non-hydrogen) atoms. The fourth-order valence-electron chi connectivity index (χ4n) is 5.07. The van der Waals surface area contributed by atoms with Crippen molar-refractivity contribution in [2.75, 3.05) is 0 Å². The normalized spacial score (nSPS) is 18.4. The van der Waals surface area contributed by atoms with Gasteiger partial charge in [-0.05, 0) is 55.3 Å². The Balaban J connectivity index is 2.47. The molecule has 2 aliphatic rings. The third-order valence-corrected chi connectivity index (χ3v) is 6.10. The lowest BCUT2D eigenvalue weighted by Crippen LogP contribution is -2.50. The van der Waals surface area contributed by atoms with Crippen LogP contribution in [-0.4, -0.2) is 22.1 Å². The summed E-state index contributed by atoms with van der Waals surface area (Å²) >= 11 is 0. The van der Waals surface area contributed by atoms with Gasteiger partial charge in [-0.25, -0.2) is 0 Å². The van der Waals surface area contributed by atoms with E-state index in [1.807, 2.05) is 6.92 Å². The molecule has 3 heterocycles. The topological polar surface area (TPSA) is 7.94 Å². The molecule has 0 saturated carbocycles. The first-order valence-corrected chi connectivity index (χ1v) is 10.3. The van der Waals surface area contributed by atoms with E-state index in [-0.39, 0.29) is 0 Å². The van der Waals surface area contributed by atoms with Gasteiger partial charge in [0.05, 0.1) is 0 Å². The Morgan fingerprint density at radius 1 is 0.808 bits per heavy atom. The number of halogens is 2. The van der Waals surface area contributed by atoms with Gasteiger partial charge in [0.15, 0.2) is 5.70 Å². The second-order valence-corrected chi connectivity index (χ2v) is 7.20. The van der Waals surface area contributed by atoms with Gasteiger partial charge in [-0.2, -0.15) is 0 Å². The molecule has 0 saturated heterocycles. The SMILES string of the molecule is CCC1=C(CC)C2=C(CC)c3c(CC)c(CC)c(CC)n3[B-](F)(F)[N+]2=C1. The molecule has 142 valence electrons. The highest BCUT2D eigenvalue weighted by atomic mass is 19.2.